The fraction of sp³-hybridized carbons (Fsp3) is 0.647. The summed E-state index contributed by atoms with van der Waals surface area (Å²) in [5, 5.41) is 0. The van der Waals surface area contributed by atoms with E-state index < -0.39 is 0 Å². The molecule has 1 aromatic heterocycles. The summed E-state index contributed by atoms with van der Waals surface area (Å²) < 4.78 is 0. The first kappa shape index (κ1) is 16.0. The highest BCUT2D eigenvalue weighted by molar-refractivity contribution is 5.76. The Labute approximate surface area is 128 Å². The first-order valence-corrected chi connectivity index (χ1v) is 8.00. The fourth-order valence-corrected chi connectivity index (χ4v) is 2.91. The molecule has 2 heterocycles. The topological polar surface area (TPSA) is 36.4 Å². The van der Waals surface area contributed by atoms with Crippen molar-refractivity contribution < 1.29 is 4.79 Å². The molecule has 0 aromatic carbocycles. The Bertz CT molecular complexity index is 435. The largest absolute Gasteiger partial charge is 0.345 e. The third kappa shape index (κ3) is 5.46. The van der Waals surface area contributed by atoms with Crippen LogP contribution < -0.4 is 0 Å². The summed E-state index contributed by atoms with van der Waals surface area (Å²) in [6, 6.07) is 4.01. The molecule has 1 aromatic rings. The number of hydrogen-bond acceptors (Lipinski definition) is 3. The maximum absolute atomic E-state index is 12.2. The predicted molar refractivity (Wildman–Crippen MR) is 85.0 cm³/mol. The predicted octanol–water partition coefficient (Wildman–Crippen LogP) is 2.20. The molecule has 4 nitrogen and oxygen atoms in total. The quantitative estimate of drug-likeness (QED) is 0.805. The van der Waals surface area contributed by atoms with Gasteiger partial charge in [-0.2, -0.15) is 0 Å². The van der Waals surface area contributed by atoms with Crippen molar-refractivity contribution in [2.75, 3.05) is 33.2 Å². The maximum Gasteiger partial charge on any atom is 0.223 e. The van der Waals surface area contributed by atoms with Gasteiger partial charge in [-0.05, 0) is 49.4 Å². The number of hydrogen-bond donors (Lipinski definition) is 0. The van der Waals surface area contributed by atoms with E-state index in [1.165, 1.54) is 18.4 Å². The summed E-state index contributed by atoms with van der Waals surface area (Å²) in [6.07, 6.45) is 7.73. The van der Waals surface area contributed by atoms with E-state index in [4.69, 9.17) is 0 Å². The van der Waals surface area contributed by atoms with E-state index in [1.807, 2.05) is 24.1 Å². The van der Waals surface area contributed by atoms with Crippen molar-refractivity contribution in [3.05, 3.63) is 30.1 Å². The van der Waals surface area contributed by atoms with Crippen LogP contribution in [0.5, 0.6) is 0 Å². The molecule has 1 unspecified atom stereocenters. The second-order valence-electron chi connectivity index (χ2n) is 6.22. The number of carbonyl (C=O) groups excluding carboxylic acids is 1. The minimum absolute atomic E-state index is 0.252. The highest BCUT2D eigenvalue weighted by Gasteiger charge is 2.17. The molecule has 1 amide bonds. The van der Waals surface area contributed by atoms with Gasteiger partial charge >= 0.3 is 0 Å². The van der Waals surface area contributed by atoms with Gasteiger partial charge in [0.2, 0.25) is 5.91 Å². The molecule has 21 heavy (non-hydrogen) atoms. The van der Waals surface area contributed by atoms with Crippen LogP contribution in [0.25, 0.3) is 0 Å². The van der Waals surface area contributed by atoms with Crippen molar-refractivity contribution in [3.63, 3.8) is 0 Å². The molecule has 116 valence electrons. The van der Waals surface area contributed by atoms with Gasteiger partial charge in [0.05, 0.1) is 0 Å². The summed E-state index contributed by atoms with van der Waals surface area (Å²) >= 11 is 0. The average Bonchev–Trinajstić information content (AvgIpc) is 2.51. The lowest BCUT2D eigenvalue weighted by molar-refractivity contribution is -0.130. The van der Waals surface area contributed by atoms with Gasteiger partial charge in [0.15, 0.2) is 0 Å². The second-order valence-corrected chi connectivity index (χ2v) is 6.22. The van der Waals surface area contributed by atoms with Crippen LogP contribution in [0.1, 0.15) is 31.7 Å². The number of likely N-dealkylation sites (N-methyl/N-ethyl adjacent to an activating group) is 1. The molecule has 0 bridgehead atoms. The Morgan fingerprint density at radius 2 is 2.19 bits per heavy atom. The van der Waals surface area contributed by atoms with Crippen LogP contribution in [-0.4, -0.2) is 53.9 Å². The normalized spacial score (nSPS) is 19.4. The van der Waals surface area contributed by atoms with Crippen LogP contribution in [-0.2, 0) is 11.2 Å². The number of carbonyl (C=O) groups is 1. The van der Waals surface area contributed by atoms with Gasteiger partial charge in [-0.3, -0.25) is 9.78 Å². The number of pyridine rings is 1. The minimum Gasteiger partial charge on any atom is -0.345 e. The van der Waals surface area contributed by atoms with Crippen LogP contribution >= 0.6 is 0 Å². The van der Waals surface area contributed by atoms with Crippen molar-refractivity contribution in [2.24, 2.45) is 5.92 Å². The lowest BCUT2D eigenvalue weighted by Gasteiger charge is -2.31. The Kier molecular flexibility index (Phi) is 6.18. The molecule has 1 aliphatic heterocycles. The smallest absolute Gasteiger partial charge is 0.223 e. The maximum atomic E-state index is 12.2. The highest BCUT2D eigenvalue weighted by atomic mass is 16.2. The molecule has 1 fully saturated rings. The van der Waals surface area contributed by atoms with Crippen LogP contribution in [0.4, 0.5) is 0 Å². The highest BCUT2D eigenvalue weighted by Crippen LogP contribution is 2.15. The van der Waals surface area contributed by atoms with E-state index in [2.05, 4.69) is 16.8 Å². The number of aromatic nitrogens is 1. The Balaban J connectivity index is 1.67. The van der Waals surface area contributed by atoms with Crippen molar-refractivity contribution in [2.45, 2.75) is 32.6 Å². The van der Waals surface area contributed by atoms with Crippen LogP contribution in [0.15, 0.2) is 24.5 Å². The number of amides is 1. The van der Waals surface area contributed by atoms with Gasteiger partial charge in [0.1, 0.15) is 0 Å². The SMILES string of the molecule is CC1CCCN(CCC(=O)N(C)CCc2ccncc2)C1. The van der Waals surface area contributed by atoms with Gasteiger partial charge in [0.25, 0.3) is 0 Å². The summed E-state index contributed by atoms with van der Waals surface area (Å²) in [5.41, 5.74) is 1.23. The van der Waals surface area contributed by atoms with Gasteiger partial charge in [0, 0.05) is 45.5 Å². The molecule has 1 aliphatic rings. The van der Waals surface area contributed by atoms with E-state index in [0.29, 0.717) is 6.42 Å². The minimum atomic E-state index is 0.252. The van der Waals surface area contributed by atoms with E-state index in [-0.39, 0.29) is 5.91 Å². The molecule has 1 saturated heterocycles. The summed E-state index contributed by atoms with van der Waals surface area (Å²) in [7, 11) is 1.91. The van der Waals surface area contributed by atoms with Gasteiger partial charge in [-0.1, -0.05) is 6.92 Å². The molecule has 2 rings (SSSR count). The molecular weight excluding hydrogens is 262 g/mol. The first-order valence-electron chi connectivity index (χ1n) is 8.00. The molecule has 0 N–H and O–H groups in total. The number of nitrogens with zero attached hydrogens (tertiary/aromatic N) is 3. The molecule has 0 saturated carbocycles. The monoisotopic (exact) mass is 289 g/mol. The average molecular weight is 289 g/mol. The summed E-state index contributed by atoms with van der Waals surface area (Å²) in [4.78, 5) is 20.5. The van der Waals surface area contributed by atoms with Gasteiger partial charge < -0.3 is 9.80 Å². The molecule has 0 spiro atoms. The first-order chi connectivity index (χ1) is 10.1. The molecule has 0 radical (unpaired) electrons. The van der Waals surface area contributed by atoms with Crippen molar-refractivity contribution in [3.8, 4) is 0 Å². The second kappa shape index (κ2) is 8.13. The van der Waals surface area contributed by atoms with Crippen molar-refractivity contribution >= 4 is 5.91 Å². The van der Waals surface area contributed by atoms with Crippen LogP contribution in [0.3, 0.4) is 0 Å². The van der Waals surface area contributed by atoms with E-state index in [0.717, 1.165) is 38.5 Å². The van der Waals surface area contributed by atoms with Crippen molar-refractivity contribution in [1.29, 1.82) is 0 Å². The van der Waals surface area contributed by atoms with E-state index >= 15 is 0 Å². The summed E-state index contributed by atoms with van der Waals surface area (Å²) in [6.45, 7) is 6.28. The number of likely N-dealkylation sites (tertiary alicyclic amines) is 1. The van der Waals surface area contributed by atoms with E-state index in [9.17, 15) is 4.79 Å². The van der Waals surface area contributed by atoms with Crippen molar-refractivity contribution in [1.82, 2.24) is 14.8 Å². The third-order valence-electron chi connectivity index (χ3n) is 4.29. The standard InChI is InChI=1S/C17H27N3O/c1-15-4-3-11-20(14-15)13-8-17(21)19(2)12-7-16-5-9-18-10-6-16/h5-6,9-10,15H,3-4,7-8,11-14H2,1-2H3. The van der Waals surface area contributed by atoms with E-state index in [1.54, 1.807) is 12.4 Å². The Morgan fingerprint density at radius 1 is 1.43 bits per heavy atom. The fourth-order valence-electron chi connectivity index (χ4n) is 2.91. The number of piperidine rings is 1. The lowest BCUT2D eigenvalue weighted by atomic mass is 10.0. The zero-order valence-corrected chi connectivity index (χ0v) is 13.3. The molecule has 1 atom stereocenters. The molecular formula is C17H27N3O. The third-order valence-corrected chi connectivity index (χ3v) is 4.29. The summed E-state index contributed by atoms with van der Waals surface area (Å²) in [5.74, 6) is 1.03. The zero-order valence-electron chi connectivity index (χ0n) is 13.3. The van der Waals surface area contributed by atoms with Gasteiger partial charge in [-0.25, -0.2) is 0 Å². The Morgan fingerprint density at radius 3 is 2.90 bits per heavy atom. The van der Waals surface area contributed by atoms with Crippen LogP contribution in [0, 0.1) is 5.92 Å². The number of rotatable bonds is 6. The van der Waals surface area contributed by atoms with Gasteiger partial charge in [-0.15, -0.1) is 0 Å². The molecule has 0 aliphatic carbocycles. The van der Waals surface area contributed by atoms with Crippen LogP contribution in [0.2, 0.25) is 0 Å². The lowest BCUT2D eigenvalue weighted by Crippen LogP contribution is -2.38. The Hall–Kier alpha value is -1.42. The zero-order chi connectivity index (χ0) is 15.1. The molecule has 4 heteroatoms.